The lowest BCUT2D eigenvalue weighted by Gasteiger charge is -2.18. The molecule has 1 aliphatic rings. The third-order valence-electron chi connectivity index (χ3n) is 6.53. The maximum atomic E-state index is 13.4. The van der Waals surface area contributed by atoms with Gasteiger partial charge in [0.25, 0.3) is 5.91 Å². The summed E-state index contributed by atoms with van der Waals surface area (Å²) in [5.41, 5.74) is 3.90. The average molecular weight is 548 g/mol. The number of rotatable bonds is 8. The van der Waals surface area contributed by atoms with Crippen LogP contribution >= 0.6 is 11.6 Å². The summed E-state index contributed by atoms with van der Waals surface area (Å²) in [6, 6.07) is 17.3. The molecular weight excluding hydrogens is 522 g/mol. The number of ether oxygens (including phenoxy) is 3. The predicted molar refractivity (Wildman–Crippen MR) is 146 cm³/mol. The predicted octanol–water partition coefficient (Wildman–Crippen LogP) is 5.68. The highest BCUT2D eigenvalue weighted by molar-refractivity contribution is 6.31. The van der Waals surface area contributed by atoms with Gasteiger partial charge in [0.15, 0.2) is 11.5 Å². The molecule has 2 heterocycles. The Morgan fingerprint density at radius 3 is 2.67 bits per heavy atom. The number of aromatic carboxylic acids is 1. The van der Waals surface area contributed by atoms with E-state index in [1.165, 1.54) is 6.07 Å². The van der Waals surface area contributed by atoms with Crippen molar-refractivity contribution >= 4 is 29.2 Å². The van der Waals surface area contributed by atoms with E-state index >= 15 is 0 Å². The summed E-state index contributed by atoms with van der Waals surface area (Å²) in [4.78, 5) is 26.4. The number of carbonyl (C=O) groups excluding carboxylic acids is 1. The van der Waals surface area contributed by atoms with Gasteiger partial charge in [-0.25, -0.2) is 9.48 Å². The number of carbonyl (C=O) groups is 2. The molecule has 200 valence electrons. The van der Waals surface area contributed by atoms with Crippen molar-refractivity contribution in [2.24, 2.45) is 0 Å². The lowest BCUT2D eigenvalue weighted by atomic mass is 10.1. The molecule has 10 heteroatoms. The first-order valence-electron chi connectivity index (χ1n) is 12.3. The fraction of sp³-hybridized carbons (Fsp3) is 0.207. The second kappa shape index (κ2) is 10.7. The second-order valence-electron chi connectivity index (χ2n) is 8.98. The van der Waals surface area contributed by atoms with Crippen LogP contribution < -0.4 is 19.1 Å². The van der Waals surface area contributed by atoms with Crippen molar-refractivity contribution in [3.8, 4) is 22.9 Å². The van der Waals surface area contributed by atoms with Crippen LogP contribution in [0, 0.1) is 6.92 Å². The van der Waals surface area contributed by atoms with Crippen molar-refractivity contribution in [3.05, 3.63) is 93.8 Å². The highest BCUT2D eigenvalue weighted by atomic mass is 35.5. The number of amides is 1. The van der Waals surface area contributed by atoms with Gasteiger partial charge in [-0.2, -0.15) is 5.10 Å². The zero-order chi connectivity index (χ0) is 27.7. The van der Waals surface area contributed by atoms with Crippen LogP contribution in [0.5, 0.6) is 17.2 Å². The Bertz CT molecular complexity index is 1580. The van der Waals surface area contributed by atoms with Gasteiger partial charge in [0.2, 0.25) is 6.79 Å². The van der Waals surface area contributed by atoms with Crippen LogP contribution in [0.1, 0.15) is 44.6 Å². The summed E-state index contributed by atoms with van der Waals surface area (Å²) in [6.07, 6.45) is 0.554. The first-order chi connectivity index (χ1) is 18.8. The van der Waals surface area contributed by atoms with Crippen molar-refractivity contribution in [1.82, 2.24) is 9.78 Å². The van der Waals surface area contributed by atoms with Crippen LogP contribution in [-0.4, -0.2) is 40.6 Å². The third kappa shape index (κ3) is 5.13. The Morgan fingerprint density at radius 1 is 1.10 bits per heavy atom. The fourth-order valence-electron chi connectivity index (χ4n) is 4.38. The number of hydrogen-bond acceptors (Lipinski definition) is 6. The van der Waals surface area contributed by atoms with Gasteiger partial charge in [-0.15, -0.1) is 0 Å². The molecule has 0 aliphatic carbocycles. The zero-order valence-corrected chi connectivity index (χ0v) is 22.4. The Labute approximate surface area is 230 Å². The van der Waals surface area contributed by atoms with E-state index in [0.717, 1.165) is 0 Å². The number of anilines is 1. The standard InChI is InChI=1S/C29H26ClN3O6/c1-4-18-13-22(9-10-23(18)29(35)36)37-15-24-27(30)17(2)31-33(24)21-7-5-6-19(12-21)28(34)32(3)20-8-11-25-26(14-20)39-16-38-25/h5-14H,4,15-16H2,1-3H3,(H,35,36). The Morgan fingerprint density at radius 2 is 1.90 bits per heavy atom. The zero-order valence-electron chi connectivity index (χ0n) is 21.6. The lowest BCUT2D eigenvalue weighted by Crippen LogP contribution is -2.26. The number of halogens is 1. The molecule has 0 saturated heterocycles. The van der Waals surface area contributed by atoms with Crippen molar-refractivity contribution < 1.29 is 28.9 Å². The number of carboxylic acids is 1. The highest BCUT2D eigenvalue weighted by Crippen LogP contribution is 2.35. The van der Waals surface area contributed by atoms with Crippen molar-refractivity contribution in [2.45, 2.75) is 26.9 Å². The normalized spacial score (nSPS) is 11.9. The van der Waals surface area contributed by atoms with E-state index in [9.17, 15) is 14.7 Å². The summed E-state index contributed by atoms with van der Waals surface area (Å²) in [7, 11) is 1.70. The molecule has 1 amide bonds. The molecule has 1 N–H and O–H groups in total. The van der Waals surface area contributed by atoms with E-state index in [1.54, 1.807) is 72.1 Å². The highest BCUT2D eigenvalue weighted by Gasteiger charge is 2.21. The summed E-state index contributed by atoms with van der Waals surface area (Å²) in [5, 5.41) is 14.4. The molecule has 1 aromatic heterocycles. The number of carboxylic acid groups (broad SMARTS) is 1. The molecule has 0 atom stereocenters. The molecular formula is C29H26ClN3O6. The third-order valence-corrected chi connectivity index (χ3v) is 7.02. The molecule has 0 fully saturated rings. The summed E-state index contributed by atoms with van der Waals surface area (Å²) in [5.74, 6) is 0.567. The molecule has 0 bridgehead atoms. The first-order valence-corrected chi connectivity index (χ1v) is 12.7. The minimum absolute atomic E-state index is 0.0878. The number of benzene rings is 3. The van der Waals surface area contributed by atoms with Crippen molar-refractivity contribution in [2.75, 3.05) is 18.7 Å². The number of nitrogens with zero attached hydrogens (tertiary/aromatic N) is 3. The topological polar surface area (TPSA) is 103 Å². The Balaban J connectivity index is 1.40. The van der Waals surface area contributed by atoms with E-state index in [2.05, 4.69) is 5.10 Å². The van der Waals surface area contributed by atoms with Crippen LogP contribution in [-0.2, 0) is 13.0 Å². The molecule has 4 aromatic rings. The van der Waals surface area contributed by atoms with Crippen molar-refractivity contribution in [3.63, 3.8) is 0 Å². The van der Waals surface area contributed by atoms with E-state index in [-0.39, 0.29) is 24.9 Å². The number of aryl methyl sites for hydroxylation is 2. The van der Waals surface area contributed by atoms with Crippen LogP contribution in [0.2, 0.25) is 5.02 Å². The van der Waals surface area contributed by atoms with Gasteiger partial charge in [-0.3, -0.25) is 4.79 Å². The molecule has 0 spiro atoms. The van der Waals surface area contributed by atoms with E-state index < -0.39 is 5.97 Å². The number of fused-ring (bicyclic) bond motifs is 1. The summed E-state index contributed by atoms with van der Waals surface area (Å²) in [6.45, 7) is 3.93. The van der Waals surface area contributed by atoms with Gasteiger partial charge in [0, 0.05) is 24.4 Å². The largest absolute Gasteiger partial charge is 0.487 e. The quantitative estimate of drug-likeness (QED) is 0.303. The fourth-order valence-corrected chi connectivity index (χ4v) is 4.55. The monoisotopic (exact) mass is 547 g/mol. The molecule has 0 radical (unpaired) electrons. The number of aromatic nitrogens is 2. The van der Waals surface area contributed by atoms with E-state index in [0.29, 0.717) is 62.6 Å². The van der Waals surface area contributed by atoms with Gasteiger partial charge >= 0.3 is 5.97 Å². The van der Waals surface area contributed by atoms with Crippen LogP contribution in [0.3, 0.4) is 0 Å². The second-order valence-corrected chi connectivity index (χ2v) is 9.35. The molecule has 9 nitrogen and oxygen atoms in total. The summed E-state index contributed by atoms with van der Waals surface area (Å²) < 4.78 is 18.5. The van der Waals surface area contributed by atoms with Gasteiger partial charge < -0.3 is 24.2 Å². The maximum absolute atomic E-state index is 13.4. The van der Waals surface area contributed by atoms with Crippen LogP contribution in [0.25, 0.3) is 5.69 Å². The molecule has 5 rings (SSSR count). The molecule has 0 unspecified atom stereocenters. The Kier molecular flexibility index (Phi) is 7.17. The molecule has 1 aliphatic heterocycles. The Hall–Kier alpha value is -4.50. The number of hydrogen-bond donors (Lipinski definition) is 1. The lowest BCUT2D eigenvalue weighted by molar-refractivity contribution is 0.0695. The molecule has 3 aromatic carbocycles. The van der Waals surface area contributed by atoms with Crippen LogP contribution in [0.15, 0.2) is 60.7 Å². The smallest absolute Gasteiger partial charge is 0.335 e. The summed E-state index contributed by atoms with van der Waals surface area (Å²) >= 11 is 6.60. The molecule has 0 saturated carbocycles. The first kappa shape index (κ1) is 26.1. The van der Waals surface area contributed by atoms with Crippen molar-refractivity contribution in [1.29, 1.82) is 0 Å². The average Bonchev–Trinajstić information content (AvgIpc) is 3.54. The van der Waals surface area contributed by atoms with Gasteiger partial charge in [-0.1, -0.05) is 24.6 Å². The maximum Gasteiger partial charge on any atom is 0.335 e. The van der Waals surface area contributed by atoms with E-state index in [1.807, 2.05) is 13.0 Å². The SMILES string of the molecule is CCc1cc(OCc2c(Cl)c(C)nn2-c2cccc(C(=O)N(C)c3ccc4c(c3)OCO4)c2)ccc1C(=O)O. The van der Waals surface area contributed by atoms with Crippen LogP contribution in [0.4, 0.5) is 5.69 Å². The molecule has 39 heavy (non-hydrogen) atoms. The van der Waals surface area contributed by atoms with E-state index in [4.69, 9.17) is 25.8 Å². The minimum atomic E-state index is -0.978. The van der Waals surface area contributed by atoms with Gasteiger partial charge in [-0.05, 0) is 67.4 Å². The van der Waals surface area contributed by atoms with Gasteiger partial charge in [0.05, 0.1) is 22.0 Å². The minimum Gasteiger partial charge on any atom is -0.487 e. The van der Waals surface area contributed by atoms with Gasteiger partial charge in [0.1, 0.15) is 18.1 Å².